The van der Waals surface area contributed by atoms with E-state index in [0.29, 0.717) is 23.9 Å². The van der Waals surface area contributed by atoms with E-state index in [-0.39, 0.29) is 6.61 Å². The number of aromatic nitrogens is 1. The number of nitrogens with zero attached hydrogens (tertiary/aromatic N) is 1. The quantitative estimate of drug-likeness (QED) is 0.407. The summed E-state index contributed by atoms with van der Waals surface area (Å²) in [6.45, 7) is 2.95. The van der Waals surface area contributed by atoms with Gasteiger partial charge < -0.3 is 19.7 Å². The lowest BCUT2D eigenvalue weighted by Crippen LogP contribution is -2.42. The molecule has 0 radical (unpaired) electrons. The number of benzene rings is 2. The third-order valence-corrected chi connectivity index (χ3v) is 5.64. The lowest BCUT2D eigenvalue weighted by atomic mass is 10.1. The van der Waals surface area contributed by atoms with Crippen molar-refractivity contribution in [3.05, 3.63) is 70.6 Å². The minimum absolute atomic E-state index is 0.164. The summed E-state index contributed by atoms with van der Waals surface area (Å²) in [4.78, 5) is 0. The highest BCUT2D eigenvalue weighted by molar-refractivity contribution is 7.17. The van der Waals surface area contributed by atoms with Gasteiger partial charge in [0.1, 0.15) is 28.4 Å². The molecule has 0 spiro atoms. The maximum Gasteiger partial charge on any atom is 0.178 e. The van der Waals surface area contributed by atoms with Crippen molar-refractivity contribution in [1.82, 2.24) is 10.5 Å². The van der Waals surface area contributed by atoms with E-state index in [9.17, 15) is 5.11 Å². The summed E-state index contributed by atoms with van der Waals surface area (Å²) in [5, 5.41) is 20.7. The zero-order valence-corrected chi connectivity index (χ0v) is 17.5. The molecule has 1 atom stereocenters. The zero-order valence-electron chi connectivity index (χ0n) is 15.9. The fraction of sp³-hybridized carbons (Fsp3) is 0.227. The van der Waals surface area contributed by atoms with Gasteiger partial charge in [-0.05, 0) is 48.2 Å². The first-order valence-electron chi connectivity index (χ1n) is 9.24. The van der Waals surface area contributed by atoms with Gasteiger partial charge in [-0.15, -0.1) is 11.3 Å². The molecular weight excluding hydrogens is 408 g/mol. The minimum Gasteiger partial charge on any atom is -0.491 e. The highest BCUT2D eigenvalue weighted by Crippen LogP contribution is 2.33. The number of fused-ring (bicyclic) bond motifs is 1. The number of hydrogen-bond donors (Lipinski definition) is 2. The molecule has 2 N–H and O–H groups in total. The van der Waals surface area contributed by atoms with Crippen LogP contribution in [0.5, 0.6) is 5.75 Å². The van der Waals surface area contributed by atoms with Crippen molar-refractivity contribution in [1.29, 1.82) is 0 Å². The summed E-state index contributed by atoms with van der Waals surface area (Å²) in [7, 11) is 0. The van der Waals surface area contributed by atoms with Gasteiger partial charge in [-0.3, -0.25) is 0 Å². The molecule has 4 aromatic rings. The molecule has 0 amide bonds. The van der Waals surface area contributed by atoms with E-state index in [0.717, 1.165) is 27.1 Å². The molecule has 0 aliphatic carbocycles. The van der Waals surface area contributed by atoms with Gasteiger partial charge in [0, 0.05) is 23.7 Å². The molecule has 29 heavy (non-hydrogen) atoms. The Morgan fingerprint density at radius 2 is 2.03 bits per heavy atom. The van der Waals surface area contributed by atoms with Gasteiger partial charge in [0.2, 0.25) is 0 Å². The fourth-order valence-electron chi connectivity index (χ4n) is 2.96. The topological polar surface area (TPSA) is 67.5 Å². The Balaban J connectivity index is 1.34. The number of thiophene rings is 1. The summed E-state index contributed by atoms with van der Waals surface area (Å²) in [5.74, 6) is 0.674. The van der Waals surface area contributed by atoms with E-state index in [1.807, 2.05) is 60.0 Å². The Bertz CT molecular complexity index is 1090. The number of ether oxygens (including phenoxy) is 1. The number of aliphatic hydroxyl groups is 1. The maximum absolute atomic E-state index is 10.6. The first-order chi connectivity index (χ1) is 14.0. The van der Waals surface area contributed by atoms with E-state index in [2.05, 4.69) is 10.5 Å². The molecule has 0 aliphatic rings. The smallest absolute Gasteiger partial charge is 0.178 e. The van der Waals surface area contributed by atoms with Gasteiger partial charge in [-0.25, -0.2) is 0 Å². The second-order valence-electron chi connectivity index (χ2n) is 7.19. The second kappa shape index (κ2) is 8.55. The number of rotatable bonds is 8. The molecule has 0 fully saturated rings. The van der Waals surface area contributed by atoms with E-state index in [1.165, 1.54) is 0 Å². The number of halogens is 1. The predicted octanol–water partition coefficient (Wildman–Crippen LogP) is 5.13. The van der Waals surface area contributed by atoms with Crippen molar-refractivity contribution in [2.75, 3.05) is 13.2 Å². The molecule has 4 rings (SSSR count). The van der Waals surface area contributed by atoms with Crippen LogP contribution in [0, 0.1) is 0 Å². The molecule has 0 saturated heterocycles. The Hall–Kier alpha value is -2.38. The predicted molar refractivity (Wildman–Crippen MR) is 117 cm³/mol. The van der Waals surface area contributed by atoms with Crippen molar-refractivity contribution in [3.8, 4) is 17.0 Å². The van der Waals surface area contributed by atoms with Crippen LogP contribution < -0.4 is 10.1 Å². The van der Waals surface area contributed by atoms with Gasteiger partial charge in [0.15, 0.2) is 5.58 Å². The molecule has 2 aromatic heterocycles. The molecule has 5 nitrogen and oxygen atoms in total. The molecule has 0 bridgehead atoms. The highest BCUT2D eigenvalue weighted by atomic mass is 35.5. The lowest BCUT2D eigenvalue weighted by Gasteiger charge is -2.24. The van der Waals surface area contributed by atoms with Crippen molar-refractivity contribution in [2.45, 2.75) is 19.1 Å². The normalized spacial score (nSPS) is 13.5. The Labute approximate surface area is 177 Å². The summed E-state index contributed by atoms with van der Waals surface area (Å²) in [6, 6.07) is 17.2. The van der Waals surface area contributed by atoms with Crippen LogP contribution in [-0.2, 0) is 6.54 Å². The Morgan fingerprint density at radius 3 is 2.86 bits per heavy atom. The Kier molecular flexibility index (Phi) is 5.87. The van der Waals surface area contributed by atoms with Crippen molar-refractivity contribution >= 4 is 33.2 Å². The summed E-state index contributed by atoms with van der Waals surface area (Å²) in [5.41, 5.74) is 2.59. The zero-order chi connectivity index (χ0) is 20.3. The average Bonchev–Trinajstić information content (AvgIpc) is 3.32. The van der Waals surface area contributed by atoms with Crippen LogP contribution in [0.15, 0.2) is 64.5 Å². The minimum atomic E-state index is -1.02. The molecule has 150 valence electrons. The van der Waals surface area contributed by atoms with Crippen LogP contribution in [0.4, 0.5) is 0 Å². The van der Waals surface area contributed by atoms with Gasteiger partial charge in [-0.2, -0.15) is 0 Å². The molecule has 0 unspecified atom stereocenters. The van der Waals surface area contributed by atoms with Crippen LogP contribution in [0.2, 0.25) is 5.02 Å². The van der Waals surface area contributed by atoms with Crippen LogP contribution in [0.1, 0.15) is 12.5 Å². The van der Waals surface area contributed by atoms with Crippen LogP contribution in [0.25, 0.3) is 21.5 Å². The van der Waals surface area contributed by atoms with E-state index in [1.54, 1.807) is 18.3 Å². The van der Waals surface area contributed by atoms with Crippen LogP contribution >= 0.6 is 22.9 Å². The number of hydrogen-bond acceptors (Lipinski definition) is 6. The van der Waals surface area contributed by atoms with Crippen LogP contribution in [-0.4, -0.2) is 29.0 Å². The molecule has 2 aromatic carbocycles. The standard InChI is InChI=1S/C22H21ClN2O3S/c1-22(26,13-24-12-15-5-7-17(23)8-6-15)14-27-18-4-2-3-16(11-18)20-21-19(28-25-20)9-10-29-21/h2-11,24,26H,12-14H2,1H3/t22-/m0/s1. The highest BCUT2D eigenvalue weighted by Gasteiger charge is 2.21. The molecule has 2 heterocycles. The second-order valence-corrected chi connectivity index (χ2v) is 8.54. The van der Waals surface area contributed by atoms with E-state index < -0.39 is 5.60 Å². The van der Waals surface area contributed by atoms with Crippen molar-refractivity contribution in [2.24, 2.45) is 0 Å². The molecule has 0 saturated carbocycles. The van der Waals surface area contributed by atoms with E-state index >= 15 is 0 Å². The fourth-order valence-corrected chi connectivity index (χ4v) is 3.91. The lowest BCUT2D eigenvalue weighted by molar-refractivity contribution is 0.0121. The van der Waals surface area contributed by atoms with Crippen molar-refractivity contribution < 1.29 is 14.4 Å². The molecular formula is C22H21ClN2O3S. The summed E-state index contributed by atoms with van der Waals surface area (Å²) < 4.78 is 12.2. The maximum atomic E-state index is 10.6. The first-order valence-corrected chi connectivity index (χ1v) is 10.5. The van der Waals surface area contributed by atoms with Gasteiger partial charge >= 0.3 is 0 Å². The van der Waals surface area contributed by atoms with Crippen LogP contribution in [0.3, 0.4) is 0 Å². The van der Waals surface area contributed by atoms with Crippen molar-refractivity contribution in [3.63, 3.8) is 0 Å². The Morgan fingerprint density at radius 1 is 1.21 bits per heavy atom. The number of nitrogens with one attached hydrogen (secondary N) is 1. The summed E-state index contributed by atoms with van der Waals surface area (Å²) >= 11 is 7.49. The SMILES string of the molecule is C[C@](O)(CNCc1ccc(Cl)cc1)COc1cccc(-c2noc3ccsc23)c1. The van der Waals surface area contributed by atoms with Gasteiger partial charge in [0.25, 0.3) is 0 Å². The largest absolute Gasteiger partial charge is 0.491 e. The van der Waals surface area contributed by atoms with Gasteiger partial charge in [0.05, 0.1) is 0 Å². The van der Waals surface area contributed by atoms with E-state index in [4.69, 9.17) is 20.9 Å². The third-order valence-electron chi connectivity index (χ3n) is 4.48. The average molecular weight is 429 g/mol. The monoisotopic (exact) mass is 428 g/mol. The van der Waals surface area contributed by atoms with Gasteiger partial charge in [-0.1, -0.05) is 41.0 Å². The third kappa shape index (κ3) is 4.97. The first kappa shape index (κ1) is 19.9. The molecule has 7 heteroatoms. The summed E-state index contributed by atoms with van der Waals surface area (Å²) in [6.07, 6.45) is 0. The molecule has 0 aliphatic heterocycles.